The van der Waals surface area contributed by atoms with E-state index in [1.54, 1.807) is 12.1 Å². The van der Waals surface area contributed by atoms with Crippen LogP contribution in [-0.2, 0) is 6.54 Å². The number of anilines is 4. The van der Waals surface area contributed by atoms with E-state index < -0.39 is 0 Å². The van der Waals surface area contributed by atoms with E-state index in [9.17, 15) is 5.11 Å². The molecule has 33 heavy (non-hydrogen) atoms. The molecule has 0 unspecified atom stereocenters. The third-order valence-electron chi connectivity index (χ3n) is 4.41. The number of aromatic hydroxyl groups is 1. The highest BCUT2D eigenvalue weighted by Crippen LogP contribution is 2.35. The van der Waals surface area contributed by atoms with E-state index in [0.29, 0.717) is 22.1 Å². The van der Waals surface area contributed by atoms with Gasteiger partial charge in [-0.3, -0.25) is 0 Å². The summed E-state index contributed by atoms with van der Waals surface area (Å²) in [6.07, 6.45) is 0. The standard InChI is InChI=1S/C23H20BrN7O2/c1-33-19-13-15(12-18(24)20(19)32)14-25-31-23-29-21(26-16-8-4-2-5-9-16)28-22(30-23)27-17-10-6-3-7-11-17/h2-13,32H,14H2,1H3,(H2,26,27,28,29,30). The van der Waals surface area contributed by atoms with E-state index in [2.05, 4.69) is 51.7 Å². The normalized spacial score (nSPS) is 10.8. The number of rotatable bonds is 8. The van der Waals surface area contributed by atoms with E-state index in [0.717, 1.165) is 16.9 Å². The molecule has 3 aromatic carbocycles. The summed E-state index contributed by atoms with van der Waals surface area (Å²) in [4.78, 5) is 13.2. The highest BCUT2D eigenvalue weighted by molar-refractivity contribution is 9.10. The molecule has 0 fully saturated rings. The minimum absolute atomic E-state index is 0.0314. The number of azo groups is 1. The second-order valence-electron chi connectivity index (χ2n) is 6.79. The first-order valence-corrected chi connectivity index (χ1v) is 10.7. The fraction of sp³-hybridized carbons (Fsp3) is 0.0870. The van der Waals surface area contributed by atoms with Crippen LogP contribution in [0.2, 0.25) is 0 Å². The molecule has 0 aliphatic rings. The zero-order chi connectivity index (χ0) is 23.0. The number of hydrogen-bond acceptors (Lipinski definition) is 9. The Morgan fingerprint density at radius 3 is 2.00 bits per heavy atom. The second kappa shape index (κ2) is 10.5. The van der Waals surface area contributed by atoms with E-state index >= 15 is 0 Å². The minimum atomic E-state index is 0.0314. The number of aromatic nitrogens is 3. The molecule has 1 aromatic heterocycles. The Hall–Kier alpha value is -4.05. The molecular formula is C23H20BrN7O2. The largest absolute Gasteiger partial charge is 0.503 e. The number of benzene rings is 3. The topological polar surface area (TPSA) is 117 Å². The molecule has 10 heteroatoms. The van der Waals surface area contributed by atoms with Gasteiger partial charge in [0.15, 0.2) is 11.5 Å². The third kappa shape index (κ3) is 6.01. The summed E-state index contributed by atoms with van der Waals surface area (Å²) in [5.74, 6) is 1.18. The van der Waals surface area contributed by atoms with Gasteiger partial charge in [-0.1, -0.05) is 36.4 Å². The summed E-state index contributed by atoms with van der Waals surface area (Å²) in [6, 6.07) is 22.6. The van der Waals surface area contributed by atoms with Gasteiger partial charge in [-0.05, 0) is 57.9 Å². The lowest BCUT2D eigenvalue weighted by atomic mass is 10.2. The van der Waals surface area contributed by atoms with Crippen molar-refractivity contribution in [3.8, 4) is 11.5 Å². The number of methoxy groups -OCH3 is 1. The smallest absolute Gasteiger partial charge is 0.275 e. The van der Waals surface area contributed by atoms with Crippen LogP contribution in [0.15, 0.2) is 87.5 Å². The maximum Gasteiger partial charge on any atom is 0.275 e. The predicted octanol–water partition coefficient (Wildman–Crippen LogP) is 6.12. The molecule has 4 aromatic rings. The molecular weight excluding hydrogens is 486 g/mol. The highest BCUT2D eigenvalue weighted by atomic mass is 79.9. The number of nitrogens with zero attached hydrogens (tertiary/aromatic N) is 5. The van der Waals surface area contributed by atoms with Crippen LogP contribution in [0, 0.1) is 0 Å². The predicted molar refractivity (Wildman–Crippen MR) is 130 cm³/mol. The number of phenolic OH excluding ortho intramolecular Hbond substituents is 1. The molecule has 0 spiro atoms. The average molecular weight is 506 g/mol. The number of halogens is 1. The monoisotopic (exact) mass is 505 g/mol. The van der Waals surface area contributed by atoms with Crippen molar-refractivity contribution in [1.29, 1.82) is 0 Å². The first-order chi connectivity index (χ1) is 16.1. The van der Waals surface area contributed by atoms with Crippen molar-refractivity contribution in [2.24, 2.45) is 10.2 Å². The molecule has 0 radical (unpaired) electrons. The SMILES string of the molecule is COc1cc(CN=Nc2nc(Nc3ccccc3)nc(Nc3ccccc3)n2)cc(Br)c1O. The van der Waals surface area contributed by atoms with Crippen molar-refractivity contribution in [3.05, 3.63) is 82.8 Å². The third-order valence-corrected chi connectivity index (χ3v) is 5.01. The van der Waals surface area contributed by atoms with Gasteiger partial charge in [-0.25, -0.2) is 0 Å². The van der Waals surface area contributed by atoms with Crippen LogP contribution in [0.1, 0.15) is 5.56 Å². The molecule has 9 nitrogen and oxygen atoms in total. The Kier molecular flexibility index (Phi) is 7.06. The van der Waals surface area contributed by atoms with E-state index in [1.807, 2.05) is 60.7 Å². The average Bonchev–Trinajstić information content (AvgIpc) is 2.82. The molecule has 0 bridgehead atoms. The van der Waals surface area contributed by atoms with Gasteiger partial charge in [0, 0.05) is 11.4 Å². The molecule has 0 atom stereocenters. The summed E-state index contributed by atoms with van der Waals surface area (Å²) in [7, 11) is 1.49. The Bertz CT molecular complexity index is 1190. The quantitative estimate of drug-likeness (QED) is 0.247. The molecule has 166 valence electrons. The van der Waals surface area contributed by atoms with Crippen LogP contribution >= 0.6 is 15.9 Å². The van der Waals surface area contributed by atoms with Crippen LogP contribution in [-0.4, -0.2) is 27.2 Å². The van der Waals surface area contributed by atoms with Crippen molar-refractivity contribution < 1.29 is 9.84 Å². The number of para-hydroxylation sites is 2. The van der Waals surface area contributed by atoms with Crippen molar-refractivity contribution in [2.45, 2.75) is 6.54 Å². The van der Waals surface area contributed by atoms with Gasteiger partial charge in [0.1, 0.15) is 0 Å². The summed E-state index contributed by atoms with van der Waals surface area (Å²) in [5.41, 5.74) is 2.45. The van der Waals surface area contributed by atoms with Gasteiger partial charge in [-0.15, -0.1) is 5.11 Å². The summed E-state index contributed by atoms with van der Waals surface area (Å²) in [6.45, 7) is 0.240. The molecule has 0 aliphatic heterocycles. The van der Waals surface area contributed by atoms with Gasteiger partial charge in [0.05, 0.1) is 18.1 Å². The van der Waals surface area contributed by atoms with Gasteiger partial charge >= 0.3 is 0 Å². The lowest BCUT2D eigenvalue weighted by Gasteiger charge is -2.09. The van der Waals surface area contributed by atoms with Crippen molar-refractivity contribution in [3.63, 3.8) is 0 Å². The Balaban J connectivity index is 1.58. The van der Waals surface area contributed by atoms with E-state index in [-0.39, 0.29) is 18.2 Å². The number of phenols is 1. The highest BCUT2D eigenvalue weighted by Gasteiger charge is 2.10. The molecule has 0 saturated carbocycles. The number of nitrogens with one attached hydrogen (secondary N) is 2. The summed E-state index contributed by atoms with van der Waals surface area (Å²) in [5, 5.41) is 24.7. The molecule has 0 aliphatic carbocycles. The number of ether oxygens (including phenoxy) is 1. The first kappa shape index (κ1) is 22.2. The Labute approximate surface area is 198 Å². The lowest BCUT2D eigenvalue weighted by molar-refractivity contribution is 0.371. The molecule has 0 amide bonds. The zero-order valence-electron chi connectivity index (χ0n) is 17.6. The fourth-order valence-corrected chi connectivity index (χ4v) is 3.37. The molecule has 3 N–H and O–H groups in total. The maximum absolute atomic E-state index is 9.96. The Morgan fingerprint density at radius 1 is 0.879 bits per heavy atom. The molecule has 4 rings (SSSR count). The van der Waals surface area contributed by atoms with E-state index in [4.69, 9.17) is 4.74 Å². The van der Waals surface area contributed by atoms with Gasteiger partial charge in [-0.2, -0.15) is 20.1 Å². The van der Waals surface area contributed by atoms with Crippen molar-refractivity contribution >= 4 is 45.1 Å². The summed E-state index contributed by atoms with van der Waals surface area (Å²) >= 11 is 3.30. The Morgan fingerprint density at radius 2 is 1.45 bits per heavy atom. The minimum Gasteiger partial charge on any atom is -0.503 e. The van der Waals surface area contributed by atoms with E-state index in [1.165, 1.54) is 7.11 Å². The second-order valence-corrected chi connectivity index (χ2v) is 7.65. The van der Waals surface area contributed by atoms with Crippen LogP contribution in [0.25, 0.3) is 0 Å². The van der Waals surface area contributed by atoms with Crippen LogP contribution in [0.3, 0.4) is 0 Å². The van der Waals surface area contributed by atoms with Crippen LogP contribution in [0.4, 0.5) is 29.2 Å². The van der Waals surface area contributed by atoms with Crippen molar-refractivity contribution in [2.75, 3.05) is 17.7 Å². The summed E-state index contributed by atoms with van der Waals surface area (Å²) < 4.78 is 5.68. The fourth-order valence-electron chi connectivity index (χ4n) is 2.88. The van der Waals surface area contributed by atoms with Crippen LogP contribution in [0.5, 0.6) is 11.5 Å². The van der Waals surface area contributed by atoms with Crippen molar-refractivity contribution in [1.82, 2.24) is 15.0 Å². The van der Waals surface area contributed by atoms with Gasteiger partial charge < -0.3 is 20.5 Å². The maximum atomic E-state index is 9.96. The van der Waals surface area contributed by atoms with Gasteiger partial charge in [0.2, 0.25) is 11.9 Å². The van der Waals surface area contributed by atoms with Crippen LogP contribution < -0.4 is 15.4 Å². The lowest BCUT2D eigenvalue weighted by Crippen LogP contribution is -2.03. The zero-order valence-corrected chi connectivity index (χ0v) is 19.2. The molecule has 0 saturated heterocycles. The number of hydrogen-bond donors (Lipinski definition) is 3. The first-order valence-electron chi connectivity index (χ1n) is 9.94. The van der Waals surface area contributed by atoms with Gasteiger partial charge in [0.25, 0.3) is 5.95 Å². The molecule has 1 heterocycles.